The molecule has 1 aromatic heterocycles. The van der Waals surface area contributed by atoms with E-state index >= 15 is 0 Å². The van der Waals surface area contributed by atoms with Crippen LogP contribution in [0.25, 0.3) is 0 Å². The van der Waals surface area contributed by atoms with Crippen molar-refractivity contribution in [3.8, 4) is 0 Å². The van der Waals surface area contributed by atoms with Gasteiger partial charge in [0.25, 0.3) is 0 Å². The lowest BCUT2D eigenvalue weighted by Crippen LogP contribution is -2.43. The quantitative estimate of drug-likeness (QED) is 0.904. The van der Waals surface area contributed by atoms with E-state index in [9.17, 15) is 9.18 Å². The summed E-state index contributed by atoms with van der Waals surface area (Å²) in [7, 11) is 0. The van der Waals surface area contributed by atoms with Crippen molar-refractivity contribution in [1.29, 1.82) is 0 Å². The van der Waals surface area contributed by atoms with Crippen LogP contribution in [0.1, 0.15) is 19.4 Å². The number of rotatable bonds is 3. The summed E-state index contributed by atoms with van der Waals surface area (Å²) in [6.45, 7) is 3.57. The van der Waals surface area contributed by atoms with Gasteiger partial charge in [-0.3, -0.25) is 5.32 Å². The van der Waals surface area contributed by atoms with E-state index in [-0.39, 0.29) is 11.8 Å². The lowest BCUT2D eigenvalue weighted by molar-refractivity contribution is 0.241. The Morgan fingerprint density at radius 3 is 2.55 bits per heavy atom. The van der Waals surface area contributed by atoms with E-state index < -0.39 is 11.6 Å². The van der Waals surface area contributed by atoms with Gasteiger partial charge in [0.2, 0.25) is 5.95 Å². The smallest absolute Gasteiger partial charge is 0.322 e. The van der Waals surface area contributed by atoms with Crippen LogP contribution >= 0.6 is 0 Å². The normalized spacial score (nSPS) is 10.9. The number of halogens is 1. The molecule has 0 bridgehead atoms. The van der Waals surface area contributed by atoms with Crippen molar-refractivity contribution in [2.24, 2.45) is 0 Å². The van der Waals surface area contributed by atoms with Crippen LogP contribution in [0.15, 0.2) is 42.7 Å². The molecular weight excluding hydrogens is 259 g/mol. The molecule has 1 aromatic carbocycles. The second kappa shape index (κ2) is 5.64. The second-order valence-corrected chi connectivity index (χ2v) is 4.79. The highest BCUT2D eigenvalue weighted by Crippen LogP contribution is 2.20. The number of carbonyl (C=O) groups is 1. The summed E-state index contributed by atoms with van der Waals surface area (Å²) in [4.78, 5) is 19.7. The van der Waals surface area contributed by atoms with Crippen LogP contribution in [0.5, 0.6) is 0 Å². The highest BCUT2D eigenvalue weighted by atomic mass is 19.1. The average Bonchev–Trinajstić information content (AvgIpc) is 2.39. The molecule has 0 radical (unpaired) electrons. The summed E-state index contributed by atoms with van der Waals surface area (Å²) in [6.07, 6.45) is 3.06. The van der Waals surface area contributed by atoms with Gasteiger partial charge in [0.1, 0.15) is 5.82 Å². The van der Waals surface area contributed by atoms with Crippen LogP contribution in [-0.2, 0) is 5.54 Å². The van der Waals surface area contributed by atoms with Gasteiger partial charge in [-0.1, -0.05) is 12.1 Å². The first-order valence-corrected chi connectivity index (χ1v) is 6.09. The van der Waals surface area contributed by atoms with Crippen molar-refractivity contribution in [1.82, 2.24) is 15.3 Å². The molecule has 1 heterocycles. The van der Waals surface area contributed by atoms with Gasteiger partial charge >= 0.3 is 6.03 Å². The van der Waals surface area contributed by atoms with E-state index in [4.69, 9.17) is 0 Å². The van der Waals surface area contributed by atoms with Crippen molar-refractivity contribution < 1.29 is 9.18 Å². The van der Waals surface area contributed by atoms with Gasteiger partial charge < -0.3 is 5.32 Å². The van der Waals surface area contributed by atoms with E-state index in [1.54, 1.807) is 32.0 Å². The predicted molar refractivity (Wildman–Crippen MR) is 73.6 cm³/mol. The SMILES string of the molecule is CC(C)(NC(=O)Nc1ncccn1)c1cccc(F)c1. The highest BCUT2D eigenvalue weighted by Gasteiger charge is 2.23. The number of urea groups is 1. The molecule has 2 amide bonds. The maximum Gasteiger partial charge on any atom is 0.322 e. The molecule has 20 heavy (non-hydrogen) atoms. The monoisotopic (exact) mass is 274 g/mol. The van der Waals surface area contributed by atoms with E-state index in [0.717, 1.165) is 0 Å². The molecule has 0 aliphatic heterocycles. The van der Waals surface area contributed by atoms with E-state index in [1.807, 2.05) is 0 Å². The fourth-order valence-electron chi connectivity index (χ4n) is 1.73. The zero-order chi connectivity index (χ0) is 14.6. The van der Waals surface area contributed by atoms with Gasteiger partial charge in [-0.05, 0) is 37.6 Å². The van der Waals surface area contributed by atoms with Gasteiger partial charge in [-0.25, -0.2) is 19.2 Å². The molecule has 6 heteroatoms. The van der Waals surface area contributed by atoms with Crippen molar-refractivity contribution in [2.75, 3.05) is 5.32 Å². The first-order valence-electron chi connectivity index (χ1n) is 6.09. The molecule has 5 nitrogen and oxygen atoms in total. The summed E-state index contributed by atoms with van der Waals surface area (Å²) in [5.74, 6) is -0.135. The van der Waals surface area contributed by atoms with Crippen LogP contribution in [0.4, 0.5) is 15.1 Å². The molecule has 0 saturated carbocycles. The highest BCUT2D eigenvalue weighted by molar-refractivity contribution is 5.87. The molecule has 0 atom stereocenters. The van der Waals surface area contributed by atoms with Gasteiger partial charge in [0, 0.05) is 12.4 Å². The van der Waals surface area contributed by atoms with Crippen molar-refractivity contribution >= 4 is 12.0 Å². The fourth-order valence-corrected chi connectivity index (χ4v) is 1.73. The Labute approximate surface area is 116 Å². The van der Waals surface area contributed by atoms with Crippen LogP contribution in [-0.4, -0.2) is 16.0 Å². The third-order valence-corrected chi connectivity index (χ3v) is 2.76. The zero-order valence-electron chi connectivity index (χ0n) is 11.2. The summed E-state index contributed by atoms with van der Waals surface area (Å²) >= 11 is 0. The van der Waals surface area contributed by atoms with Gasteiger partial charge in [0.05, 0.1) is 5.54 Å². The van der Waals surface area contributed by atoms with Crippen molar-refractivity contribution in [3.05, 3.63) is 54.1 Å². The molecule has 2 N–H and O–H groups in total. The maximum absolute atomic E-state index is 13.2. The molecule has 104 valence electrons. The average molecular weight is 274 g/mol. The number of nitrogens with one attached hydrogen (secondary N) is 2. The molecule has 0 unspecified atom stereocenters. The number of anilines is 1. The third-order valence-electron chi connectivity index (χ3n) is 2.76. The van der Waals surface area contributed by atoms with Crippen molar-refractivity contribution in [3.63, 3.8) is 0 Å². The lowest BCUT2D eigenvalue weighted by Gasteiger charge is -2.26. The Kier molecular flexibility index (Phi) is 3.93. The van der Waals surface area contributed by atoms with Gasteiger partial charge in [0.15, 0.2) is 0 Å². The molecule has 0 aliphatic rings. The van der Waals surface area contributed by atoms with Crippen LogP contribution in [0, 0.1) is 5.82 Å². The standard InChI is InChI=1S/C14H15FN4O/c1-14(2,10-5-3-6-11(15)9-10)19-13(20)18-12-16-7-4-8-17-12/h3-9H,1-2H3,(H2,16,17,18,19,20). The number of benzene rings is 1. The van der Waals surface area contributed by atoms with Crippen LogP contribution < -0.4 is 10.6 Å². The summed E-state index contributed by atoms with van der Waals surface area (Å²) < 4.78 is 13.2. The number of carbonyl (C=O) groups excluding carboxylic acids is 1. The minimum Gasteiger partial charge on any atom is -0.329 e. The maximum atomic E-state index is 13.2. The van der Waals surface area contributed by atoms with E-state index in [2.05, 4.69) is 20.6 Å². The van der Waals surface area contributed by atoms with Crippen molar-refractivity contribution in [2.45, 2.75) is 19.4 Å². The van der Waals surface area contributed by atoms with Gasteiger partial charge in [-0.2, -0.15) is 0 Å². The van der Waals surface area contributed by atoms with Crippen LogP contribution in [0.2, 0.25) is 0 Å². The minimum absolute atomic E-state index is 0.208. The first kappa shape index (κ1) is 13.9. The van der Waals surface area contributed by atoms with E-state index in [0.29, 0.717) is 5.56 Å². The Morgan fingerprint density at radius 1 is 1.20 bits per heavy atom. The summed E-state index contributed by atoms with van der Waals surface area (Å²) in [6, 6.07) is 7.30. The Hall–Kier alpha value is -2.50. The number of hydrogen-bond acceptors (Lipinski definition) is 3. The molecule has 2 rings (SSSR count). The number of aromatic nitrogens is 2. The molecule has 0 fully saturated rings. The Bertz CT molecular complexity index is 601. The number of amides is 2. The number of hydrogen-bond donors (Lipinski definition) is 2. The van der Waals surface area contributed by atoms with E-state index in [1.165, 1.54) is 24.5 Å². The molecule has 0 spiro atoms. The summed E-state index contributed by atoms with van der Waals surface area (Å²) in [5.41, 5.74) is -0.0531. The topological polar surface area (TPSA) is 66.9 Å². The zero-order valence-corrected chi connectivity index (χ0v) is 11.2. The third kappa shape index (κ3) is 3.50. The molecule has 0 saturated heterocycles. The Balaban J connectivity index is 2.06. The van der Waals surface area contributed by atoms with Crippen LogP contribution in [0.3, 0.4) is 0 Å². The molecule has 0 aliphatic carbocycles. The first-order chi connectivity index (χ1) is 9.47. The minimum atomic E-state index is -0.721. The molecular formula is C14H15FN4O. The summed E-state index contributed by atoms with van der Waals surface area (Å²) in [5, 5.41) is 5.27. The Morgan fingerprint density at radius 2 is 1.90 bits per heavy atom. The molecule has 2 aromatic rings. The number of nitrogens with zero attached hydrogens (tertiary/aromatic N) is 2. The largest absolute Gasteiger partial charge is 0.329 e. The fraction of sp³-hybridized carbons (Fsp3) is 0.214. The lowest BCUT2D eigenvalue weighted by atomic mass is 9.94. The van der Waals surface area contributed by atoms with Gasteiger partial charge in [-0.15, -0.1) is 0 Å². The predicted octanol–water partition coefficient (Wildman–Crippen LogP) is 2.67. The second-order valence-electron chi connectivity index (χ2n) is 4.79.